The zero-order valence-corrected chi connectivity index (χ0v) is 16.2. The molecule has 1 aromatic heterocycles. The number of aromatic nitrogens is 3. The van der Waals surface area contributed by atoms with Gasteiger partial charge in [0.05, 0.1) is 12.7 Å². The smallest absolute Gasteiger partial charge is 0.331 e. The second-order valence-corrected chi connectivity index (χ2v) is 6.76. The van der Waals surface area contributed by atoms with Crippen molar-refractivity contribution in [3.8, 4) is 0 Å². The number of rotatable bonds is 8. The highest BCUT2D eigenvalue weighted by atomic mass is 16.5. The molecule has 0 fully saturated rings. The van der Waals surface area contributed by atoms with Crippen molar-refractivity contribution in [1.82, 2.24) is 19.9 Å². The Hall–Kier alpha value is -2.96. The molecule has 0 aliphatic heterocycles. The van der Waals surface area contributed by atoms with E-state index in [0.717, 1.165) is 5.56 Å². The van der Waals surface area contributed by atoms with Gasteiger partial charge >= 0.3 is 5.97 Å². The second kappa shape index (κ2) is 9.66. The van der Waals surface area contributed by atoms with E-state index < -0.39 is 5.97 Å². The van der Waals surface area contributed by atoms with E-state index in [1.165, 1.54) is 12.2 Å². The Balaban J connectivity index is 1.85. The van der Waals surface area contributed by atoms with Gasteiger partial charge in [0.1, 0.15) is 5.69 Å². The van der Waals surface area contributed by atoms with Crippen LogP contribution in [-0.4, -0.2) is 50.5 Å². The van der Waals surface area contributed by atoms with Gasteiger partial charge in [-0.05, 0) is 39.3 Å². The third-order valence-corrected chi connectivity index (χ3v) is 3.87. The molecule has 7 heteroatoms. The molecule has 1 aromatic carbocycles. The molecule has 0 aliphatic carbocycles. The SMILES string of the molecule is CC(C)N(C(=O)COC(=O)/C=C/c1cn(Cc2ccccc2)nn1)C(C)C. The van der Waals surface area contributed by atoms with Gasteiger partial charge in [-0.1, -0.05) is 35.5 Å². The van der Waals surface area contributed by atoms with E-state index in [1.54, 1.807) is 15.8 Å². The third-order valence-electron chi connectivity index (χ3n) is 3.87. The van der Waals surface area contributed by atoms with Crippen LogP contribution in [0.15, 0.2) is 42.6 Å². The van der Waals surface area contributed by atoms with Crippen molar-refractivity contribution in [1.29, 1.82) is 0 Å². The molecule has 0 N–H and O–H groups in total. The first-order valence-electron chi connectivity index (χ1n) is 8.97. The Morgan fingerprint density at radius 2 is 1.81 bits per heavy atom. The largest absolute Gasteiger partial charge is 0.452 e. The number of ether oxygens (including phenoxy) is 1. The summed E-state index contributed by atoms with van der Waals surface area (Å²) in [5.41, 5.74) is 1.65. The minimum absolute atomic E-state index is 0.0476. The maximum atomic E-state index is 12.2. The summed E-state index contributed by atoms with van der Waals surface area (Å²) >= 11 is 0. The van der Waals surface area contributed by atoms with Crippen LogP contribution in [0.25, 0.3) is 6.08 Å². The fraction of sp³-hybridized carbons (Fsp3) is 0.400. The predicted molar refractivity (Wildman–Crippen MR) is 103 cm³/mol. The molecule has 27 heavy (non-hydrogen) atoms. The predicted octanol–water partition coefficient (Wildman–Crippen LogP) is 2.53. The molecule has 1 heterocycles. The minimum Gasteiger partial charge on any atom is -0.452 e. The first kappa shape index (κ1) is 20.4. The molecule has 0 spiro atoms. The van der Waals surface area contributed by atoms with E-state index in [1.807, 2.05) is 58.0 Å². The van der Waals surface area contributed by atoms with Gasteiger partial charge in [0.2, 0.25) is 0 Å². The van der Waals surface area contributed by atoms with Crippen molar-refractivity contribution in [2.75, 3.05) is 6.61 Å². The number of nitrogens with zero attached hydrogens (tertiary/aromatic N) is 4. The average Bonchev–Trinajstić information content (AvgIpc) is 3.06. The summed E-state index contributed by atoms with van der Waals surface area (Å²) in [6, 6.07) is 9.98. The summed E-state index contributed by atoms with van der Waals surface area (Å²) < 4.78 is 6.72. The number of hydrogen-bond acceptors (Lipinski definition) is 5. The molecule has 2 rings (SSSR count). The van der Waals surface area contributed by atoms with E-state index in [9.17, 15) is 9.59 Å². The summed E-state index contributed by atoms with van der Waals surface area (Å²) in [4.78, 5) is 25.7. The van der Waals surface area contributed by atoms with E-state index in [0.29, 0.717) is 12.2 Å². The average molecular weight is 370 g/mol. The van der Waals surface area contributed by atoms with Crippen molar-refractivity contribution in [3.05, 3.63) is 53.9 Å². The second-order valence-electron chi connectivity index (χ2n) is 6.76. The molecule has 144 valence electrons. The van der Waals surface area contributed by atoms with Gasteiger partial charge in [0.15, 0.2) is 6.61 Å². The molecule has 0 unspecified atom stereocenters. The van der Waals surface area contributed by atoms with Crippen LogP contribution in [0, 0.1) is 0 Å². The molecule has 0 atom stereocenters. The summed E-state index contributed by atoms with van der Waals surface area (Å²) in [5.74, 6) is -0.802. The summed E-state index contributed by atoms with van der Waals surface area (Å²) in [5, 5.41) is 8.03. The molecule has 0 saturated heterocycles. The van der Waals surface area contributed by atoms with Crippen LogP contribution in [-0.2, 0) is 20.9 Å². The first-order chi connectivity index (χ1) is 12.9. The molecule has 0 aliphatic rings. The van der Waals surface area contributed by atoms with Crippen molar-refractivity contribution in [2.45, 2.75) is 46.3 Å². The quantitative estimate of drug-likeness (QED) is 0.527. The Morgan fingerprint density at radius 3 is 2.44 bits per heavy atom. The van der Waals surface area contributed by atoms with Gasteiger partial charge in [0, 0.05) is 18.2 Å². The summed E-state index contributed by atoms with van der Waals surface area (Å²) in [7, 11) is 0. The number of carbonyl (C=O) groups is 2. The lowest BCUT2D eigenvalue weighted by Gasteiger charge is -2.30. The molecule has 0 saturated carbocycles. The monoisotopic (exact) mass is 370 g/mol. The zero-order valence-electron chi connectivity index (χ0n) is 16.2. The highest BCUT2D eigenvalue weighted by Crippen LogP contribution is 2.06. The molecule has 0 bridgehead atoms. The van der Waals surface area contributed by atoms with Gasteiger partial charge in [-0.2, -0.15) is 0 Å². The lowest BCUT2D eigenvalue weighted by atomic mass is 10.2. The van der Waals surface area contributed by atoms with Crippen molar-refractivity contribution < 1.29 is 14.3 Å². The molecular formula is C20H26N4O3. The summed E-state index contributed by atoms with van der Waals surface area (Å²) in [6.07, 6.45) is 4.50. The number of amides is 1. The lowest BCUT2D eigenvalue weighted by molar-refractivity contribution is -0.150. The highest BCUT2D eigenvalue weighted by molar-refractivity contribution is 5.89. The Morgan fingerprint density at radius 1 is 1.15 bits per heavy atom. The van der Waals surface area contributed by atoms with Crippen molar-refractivity contribution >= 4 is 18.0 Å². The van der Waals surface area contributed by atoms with E-state index in [-0.39, 0.29) is 24.6 Å². The maximum Gasteiger partial charge on any atom is 0.331 e. The molecule has 7 nitrogen and oxygen atoms in total. The van der Waals surface area contributed by atoms with Gasteiger partial charge < -0.3 is 9.64 Å². The normalized spacial score (nSPS) is 11.3. The van der Waals surface area contributed by atoms with Crippen LogP contribution >= 0.6 is 0 Å². The number of hydrogen-bond donors (Lipinski definition) is 0. The number of esters is 1. The van der Waals surface area contributed by atoms with E-state index in [4.69, 9.17) is 4.74 Å². The minimum atomic E-state index is -0.589. The lowest BCUT2D eigenvalue weighted by Crippen LogP contribution is -2.44. The van der Waals surface area contributed by atoms with E-state index >= 15 is 0 Å². The number of benzene rings is 1. The Labute approximate surface area is 159 Å². The maximum absolute atomic E-state index is 12.2. The van der Waals surface area contributed by atoms with Crippen LogP contribution in [0.3, 0.4) is 0 Å². The van der Waals surface area contributed by atoms with Gasteiger partial charge in [-0.15, -0.1) is 5.10 Å². The van der Waals surface area contributed by atoms with E-state index in [2.05, 4.69) is 10.3 Å². The Bertz CT molecular complexity index is 774. The van der Waals surface area contributed by atoms with Gasteiger partial charge in [-0.3, -0.25) is 4.79 Å². The van der Waals surface area contributed by atoms with Crippen LogP contribution in [0.1, 0.15) is 39.0 Å². The van der Waals surface area contributed by atoms with Crippen LogP contribution in [0.4, 0.5) is 0 Å². The standard InChI is InChI=1S/C20H26N4O3/c1-15(2)24(16(3)4)19(25)14-27-20(26)11-10-18-13-23(22-21-18)12-17-8-6-5-7-9-17/h5-11,13,15-16H,12,14H2,1-4H3/b11-10+. The van der Waals surface area contributed by atoms with Crippen molar-refractivity contribution in [3.63, 3.8) is 0 Å². The van der Waals surface area contributed by atoms with Crippen LogP contribution in [0.5, 0.6) is 0 Å². The molecule has 1 amide bonds. The van der Waals surface area contributed by atoms with Gasteiger partial charge in [0.25, 0.3) is 5.91 Å². The van der Waals surface area contributed by atoms with Crippen LogP contribution in [0.2, 0.25) is 0 Å². The van der Waals surface area contributed by atoms with Crippen LogP contribution < -0.4 is 0 Å². The highest BCUT2D eigenvalue weighted by Gasteiger charge is 2.20. The molecular weight excluding hydrogens is 344 g/mol. The van der Waals surface area contributed by atoms with Crippen molar-refractivity contribution in [2.24, 2.45) is 0 Å². The Kier molecular flexibility index (Phi) is 7.28. The van der Waals surface area contributed by atoms with Gasteiger partial charge in [-0.25, -0.2) is 9.48 Å². The summed E-state index contributed by atoms with van der Waals surface area (Å²) in [6.45, 7) is 8.04. The molecule has 2 aromatic rings. The fourth-order valence-electron chi connectivity index (χ4n) is 2.82. The topological polar surface area (TPSA) is 77.3 Å². The molecule has 0 radical (unpaired) electrons. The third kappa shape index (κ3) is 6.36. The fourth-order valence-corrected chi connectivity index (χ4v) is 2.82. The number of carbonyl (C=O) groups excluding carboxylic acids is 2. The zero-order chi connectivity index (χ0) is 19.8. The first-order valence-corrected chi connectivity index (χ1v) is 8.97.